The van der Waals surface area contributed by atoms with Gasteiger partial charge in [-0.05, 0) is 52.4 Å². The van der Waals surface area contributed by atoms with Crippen molar-refractivity contribution in [1.29, 1.82) is 0 Å². The Kier molecular flexibility index (Phi) is 4.50. The highest BCUT2D eigenvalue weighted by molar-refractivity contribution is 14.1. The van der Waals surface area contributed by atoms with Gasteiger partial charge in [0.1, 0.15) is 0 Å². The number of halogens is 1. The molecule has 0 amide bonds. The third-order valence-electron chi connectivity index (χ3n) is 2.64. The van der Waals surface area contributed by atoms with Crippen LogP contribution in [-0.4, -0.2) is 11.5 Å². The van der Waals surface area contributed by atoms with Crippen LogP contribution in [-0.2, 0) is 0 Å². The zero-order valence-corrected chi connectivity index (χ0v) is 11.9. The fourth-order valence-electron chi connectivity index (χ4n) is 1.87. The summed E-state index contributed by atoms with van der Waals surface area (Å²) in [6.45, 7) is 3.06. The Hall–Kier alpha value is -0.940. The van der Waals surface area contributed by atoms with Crippen LogP contribution in [0.3, 0.4) is 0 Å². The number of nitrogens with zero attached hydrogens (tertiary/aromatic N) is 1. The van der Waals surface area contributed by atoms with E-state index >= 15 is 0 Å². The van der Waals surface area contributed by atoms with Crippen molar-refractivity contribution in [2.75, 3.05) is 6.54 Å². The fraction of sp³-hybridized carbons (Fsp3) is 0.214. The van der Waals surface area contributed by atoms with Crippen molar-refractivity contribution in [3.63, 3.8) is 0 Å². The summed E-state index contributed by atoms with van der Waals surface area (Å²) in [5, 5.41) is 3.51. The molecule has 1 unspecified atom stereocenters. The van der Waals surface area contributed by atoms with E-state index in [-0.39, 0.29) is 6.04 Å². The van der Waals surface area contributed by atoms with Crippen molar-refractivity contribution < 1.29 is 0 Å². The van der Waals surface area contributed by atoms with Crippen LogP contribution in [0.2, 0.25) is 0 Å². The minimum Gasteiger partial charge on any atom is -0.306 e. The van der Waals surface area contributed by atoms with E-state index in [2.05, 4.69) is 70.1 Å². The van der Waals surface area contributed by atoms with E-state index in [0.717, 1.165) is 6.54 Å². The summed E-state index contributed by atoms with van der Waals surface area (Å²) in [6, 6.07) is 12.8. The minimum atomic E-state index is 0.224. The van der Waals surface area contributed by atoms with Gasteiger partial charge in [0, 0.05) is 16.0 Å². The van der Waals surface area contributed by atoms with Crippen LogP contribution in [0.15, 0.2) is 48.8 Å². The largest absolute Gasteiger partial charge is 0.306 e. The molecule has 0 fully saturated rings. The second-order valence-corrected chi connectivity index (χ2v) is 4.96. The smallest absolute Gasteiger partial charge is 0.0602 e. The summed E-state index contributed by atoms with van der Waals surface area (Å²) in [6.07, 6.45) is 3.73. The Labute approximate surface area is 116 Å². The van der Waals surface area contributed by atoms with Gasteiger partial charge in [-0.25, -0.2) is 0 Å². The van der Waals surface area contributed by atoms with Crippen LogP contribution in [0, 0.1) is 3.57 Å². The van der Waals surface area contributed by atoms with Crippen molar-refractivity contribution in [2.45, 2.75) is 13.0 Å². The van der Waals surface area contributed by atoms with Gasteiger partial charge in [-0.1, -0.05) is 31.2 Å². The standard InChI is InChI=1S/C14H15IN2/c1-2-17-14(11-6-5-9-16-10-11)12-7-3-4-8-13(12)15/h3-10,14,17H,2H2,1H3. The van der Waals surface area contributed by atoms with Crippen molar-refractivity contribution >= 4 is 22.6 Å². The van der Waals surface area contributed by atoms with Crippen LogP contribution in [0.4, 0.5) is 0 Å². The zero-order chi connectivity index (χ0) is 12.1. The average Bonchev–Trinajstić information content (AvgIpc) is 2.38. The van der Waals surface area contributed by atoms with Crippen LogP contribution in [0.5, 0.6) is 0 Å². The first-order valence-electron chi connectivity index (χ1n) is 5.70. The van der Waals surface area contributed by atoms with Gasteiger partial charge < -0.3 is 5.32 Å². The summed E-state index contributed by atoms with van der Waals surface area (Å²) < 4.78 is 1.28. The van der Waals surface area contributed by atoms with Crippen LogP contribution < -0.4 is 5.32 Å². The Bertz CT molecular complexity index is 471. The second kappa shape index (κ2) is 6.12. The SMILES string of the molecule is CCNC(c1cccnc1)c1ccccc1I. The van der Waals surface area contributed by atoms with Crippen LogP contribution >= 0.6 is 22.6 Å². The zero-order valence-electron chi connectivity index (χ0n) is 9.73. The molecule has 2 aromatic rings. The Balaban J connectivity index is 2.39. The lowest BCUT2D eigenvalue weighted by Crippen LogP contribution is -2.22. The van der Waals surface area contributed by atoms with E-state index in [9.17, 15) is 0 Å². The minimum absolute atomic E-state index is 0.224. The number of nitrogens with one attached hydrogen (secondary N) is 1. The number of hydrogen-bond acceptors (Lipinski definition) is 2. The summed E-state index contributed by atoms with van der Waals surface area (Å²) >= 11 is 2.38. The third-order valence-corrected chi connectivity index (χ3v) is 3.62. The van der Waals surface area contributed by atoms with Gasteiger partial charge in [0.05, 0.1) is 6.04 Å². The molecule has 1 atom stereocenters. The summed E-state index contributed by atoms with van der Waals surface area (Å²) in [5.74, 6) is 0. The van der Waals surface area contributed by atoms with Gasteiger partial charge in [-0.3, -0.25) is 4.98 Å². The van der Waals surface area contributed by atoms with Crippen molar-refractivity contribution in [1.82, 2.24) is 10.3 Å². The van der Waals surface area contributed by atoms with Gasteiger partial charge in [0.15, 0.2) is 0 Å². The van der Waals surface area contributed by atoms with E-state index < -0.39 is 0 Å². The third kappa shape index (κ3) is 3.04. The van der Waals surface area contributed by atoms with Crippen molar-refractivity contribution in [2.24, 2.45) is 0 Å². The Morgan fingerprint density at radius 3 is 2.71 bits per heavy atom. The van der Waals surface area contributed by atoms with E-state index in [1.807, 2.05) is 18.5 Å². The van der Waals surface area contributed by atoms with E-state index in [4.69, 9.17) is 0 Å². The molecule has 0 aliphatic heterocycles. The molecular weight excluding hydrogens is 323 g/mol. The van der Waals surface area contributed by atoms with Crippen LogP contribution in [0.25, 0.3) is 0 Å². The monoisotopic (exact) mass is 338 g/mol. The van der Waals surface area contributed by atoms with Crippen LogP contribution in [0.1, 0.15) is 24.1 Å². The Morgan fingerprint density at radius 1 is 1.24 bits per heavy atom. The number of aromatic nitrogens is 1. The van der Waals surface area contributed by atoms with E-state index in [1.54, 1.807) is 0 Å². The normalized spacial score (nSPS) is 12.4. The molecule has 17 heavy (non-hydrogen) atoms. The lowest BCUT2D eigenvalue weighted by molar-refractivity contribution is 0.626. The lowest BCUT2D eigenvalue weighted by Gasteiger charge is -2.19. The average molecular weight is 338 g/mol. The maximum absolute atomic E-state index is 4.20. The summed E-state index contributed by atoms with van der Waals surface area (Å²) in [4.78, 5) is 4.20. The molecule has 0 aliphatic carbocycles. The number of benzene rings is 1. The molecule has 0 bridgehead atoms. The fourth-order valence-corrected chi connectivity index (χ4v) is 2.57. The first kappa shape index (κ1) is 12.5. The molecule has 2 rings (SSSR count). The van der Waals surface area contributed by atoms with Crippen molar-refractivity contribution in [3.8, 4) is 0 Å². The molecule has 3 heteroatoms. The summed E-state index contributed by atoms with van der Waals surface area (Å²) in [7, 11) is 0. The topological polar surface area (TPSA) is 24.9 Å². The van der Waals surface area contributed by atoms with E-state index in [1.165, 1.54) is 14.7 Å². The Morgan fingerprint density at radius 2 is 2.06 bits per heavy atom. The maximum atomic E-state index is 4.20. The van der Waals surface area contributed by atoms with Gasteiger partial charge in [0.25, 0.3) is 0 Å². The predicted molar refractivity (Wildman–Crippen MR) is 78.9 cm³/mol. The van der Waals surface area contributed by atoms with Gasteiger partial charge in [-0.2, -0.15) is 0 Å². The van der Waals surface area contributed by atoms with Gasteiger partial charge >= 0.3 is 0 Å². The molecule has 0 saturated carbocycles. The molecule has 2 nitrogen and oxygen atoms in total. The molecule has 0 radical (unpaired) electrons. The first-order chi connectivity index (χ1) is 8.33. The van der Waals surface area contributed by atoms with Gasteiger partial charge in [0.2, 0.25) is 0 Å². The molecule has 1 aromatic carbocycles. The highest BCUT2D eigenvalue weighted by Gasteiger charge is 2.14. The van der Waals surface area contributed by atoms with Gasteiger partial charge in [-0.15, -0.1) is 0 Å². The quantitative estimate of drug-likeness (QED) is 0.865. The number of pyridine rings is 1. The maximum Gasteiger partial charge on any atom is 0.0602 e. The molecule has 1 N–H and O–H groups in total. The lowest BCUT2D eigenvalue weighted by atomic mass is 10.0. The predicted octanol–water partition coefficient (Wildman–Crippen LogP) is 3.39. The second-order valence-electron chi connectivity index (χ2n) is 3.80. The molecule has 0 saturated heterocycles. The first-order valence-corrected chi connectivity index (χ1v) is 6.78. The number of rotatable bonds is 4. The summed E-state index contributed by atoms with van der Waals surface area (Å²) in [5.41, 5.74) is 2.52. The van der Waals surface area contributed by atoms with Crippen molar-refractivity contribution in [3.05, 3.63) is 63.5 Å². The molecule has 0 spiro atoms. The molecule has 88 valence electrons. The molecule has 0 aliphatic rings. The molecular formula is C14H15IN2. The number of hydrogen-bond donors (Lipinski definition) is 1. The highest BCUT2D eigenvalue weighted by Crippen LogP contribution is 2.25. The van der Waals surface area contributed by atoms with E-state index in [0.29, 0.717) is 0 Å². The highest BCUT2D eigenvalue weighted by atomic mass is 127. The molecule has 1 heterocycles. The molecule has 1 aromatic heterocycles.